The first kappa shape index (κ1) is 15.4. The van der Waals surface area contributed by atoms with Crippen molar-refractivity contribution in [3.63, 3.8) is 0 Å². The molecule has 2 N–H and O–H groups in total. The zero-order valence-electron chi connectivity index (χ0n) is 11.4. The van der Waals surface area contributed by atoms with Gasteiger partial charge in [-0.2, -0.15) is 0 Å². The molecule has 0 aromatic heterocycles. The number of aliphatic hydroxyl groups is 1. The molecule has 1 amide bonds. The van der Waals surface area contributed by atoms with Crippen molar-refractivity contribution in [2.45, 2.75) is 38.1 Å². The molecule has 0 saturated carbocycles. The quantitative estimate of drug-likeness (QED) is 0.648. The molecule has 1 rings (SSSR count). The second-order valence-electron chi connectivity index (χ2n) is 4.85. The lowest BCUT2D eigenvalue weighted by Crippen LogP contribution is -2.44. The Morgan fingerprint density at radius 3 is 3.00 bits per heavy atom. The van der Waals surface area contributed by atoms with Gasteiger partial charge in [0.1, 0.15) is 0 Å². The fraction of sp³-hybridized carbons (Fsp3) is 0.923. The predicted molar refractivity (Wildman–Crippen MR) is 70.4 cm³/mol. The fourth-order valence-corrected chi connectivity index (χ4v) is 2.34. The summed E-state index contributed by atoms with van der Waals surface area (Å²) >= 11 is 0. The Bertz CT molecular complexity index is 236. The Hall–Kier alpha value is -0.650. The summed E-state index contributed by atoms with van der Waals surface area (Å²) in [4.78, 5) is 13.9. The first-order chi connectivity index (χ1) is 8.77. The van der Waals surface area contributed by atoms with Gasteiger partial charge in [-0.3, -0.25) is 9.69 Å². The van der Waals surface area contributed by atoms with Gasteiger partial charge < -0.3 is 15.2 Å². The van der Waals surface area contributed by atoms with Crippen LogP contribution in [0.15, 0.2) is 0 Å². The lowest BCUT2D eigenvalue weighted by molar-refractivity contribution is -0.123. The minimum absolute atomic E-state index is 0.0476. The number of carbonyl (C=O) groups excluding carboxylic acids is 1. The van der Waals surface area contributed by atoms with Crippen molar-refractivity contribution in [2.24, 2.45) is 0 Å². The number of amides is 1. The van der Waals surface area contributed by atoms with E-state index in [0.717, 1.165) is 32.2 Å². The molecular formula is C13H26N2O3. The van der Waals surface area contributed by atoms with Crippen molar-refractivity contribution in [1.82, 2.24) is 10.2 Å². The topological polar surface area (TPSA) is 61.8 Å². The average Bonchev–Trinajstić information content (AvgIpc) is 2.59. The zero-order chi connectivity index (χ0) is 13.2. The Morgan fingerprint density at radius 2 is 2.28 bits per heavy atom. The van der Waals surface area contributed by atoms with Crippen LogP contribution in [-0.2, 0) is 9.53 Å². The number of hydrogen-bond acceptors (Lipinski definition) is 4. The summed E-state index contributed by atoms with van der Waals surface area (Å²) in [5.41, 5.74) is 0. The molecule has 0 aliphatic carbocycles. The molecule has 1 fully saturated rings. The zero-order valence-corrected chi connectivity index (χ0v) is 11.4. The van der Waals surface area contributed by atoms with Crippen molar-refractivity contribution >= 4 is 5.91 Å². The highest BCUT2D eigenvalue weighted by Gasteiger charge is 2.21. The summed E-state index contributed by atoms with van der Waals surface area (Å²) in [5, 5.41) is 12.2. The smallest absolute Gasteiger partial charge is 0.234 e. The molecule has 1 heterocycles. The van der Waals surface area contributed by atoms with Crippen molar-refractivity contribution in [3.05, 3.63) is 0 Å². The third kappa shape index (κ3) is 5.80. The molecule has 1 unspecified atom stereocenters. The number of nitrogens with one attached hydrogen (secondary N) is 1. The van der Waals surface area contributed by atoms with Gasteiger partial charge in [-0.1, -0.05) is 12.8 Å². The Morgan fingerprint density at radius 1 is 1.44 bits per heavy atom. The lowest BCUT2D eigenvalue weighted by Gasteiger charge is -2.27. The van der Waals surface area contributed by atoms with Gasteiger partial charge in [0, 0.05) is 26.3 Å². The van der Waals surface area contributed by atoms with Gasteiger partial charge in [-0.05, 0) is 25.8 Å². The van der Waals surface area contributed by atoms with Gasteiger partial charge in [-0.25, -0.2) is 0 Å². The largest absolute Gasteiger partial charge is 0.395 e. The highest BCUT2D eigenvalue weighted by Crippen LogP contribution is 2.15. The van der Waals surface area contributed by atoms with Crippen LogP contribution in [0.3, 0.4) is 0 Å². The summed E-state index contributed by atoms with van der Waals surface area (Å²) in [5.74, 6) is 0.0476. The lowest BCUT2D eigenvalue weighted by atomic mass is 10.1. The summed E-state index contributed by atoms with van der Waals surface area (Å²) in [6, 6.07) is 0.150. The highest BCUT2D eigenvalue weighted by atomic mass is 16.5. The van der Waals surface area contributed by atoms with E-state index in [4.69, 9.17) is 4.74 Å². The van der Waals surface area contributed by atoms with E-state index in [0.29, 0.717) is 19.7 Å². The average molecular weight is 258 g/mol. The maximum Gasteiger partial charge on any atom is 0.234 e. The van der Waals surface area contributed by atoms with Crippen molar-refractivity contribution in [3.8, 4) is 0 Å². The Balaban J connectivity index is 2.27. The molecule has 1 aliphatic heterocycles. The van der Waals surface area contributed by atoms with E-state index < -0.39 is 0 Å². The molecule has 1 atom stereocenters. The van der Waals surface area contributed by atoms with Gasteiger partial charge in [0.2, 0.25) is 5.91 Å². The molecule has 0 radical (unpaired) electrons. The van der Waals surface area contributed by atoms with Crippen molar-refractivity contribution in [2.75, 3.05) is 40.0 Å². The molecule has 0 aromatic rings. The molecule has 0 spiro atoms. The second-order valence-corrected chi connectivity index (χ2v) is 4.85. The molecule has 0 bridgehead atoms. The summed E-state index contributed by atoms with van der Waals surface area (Å²) < 4.78 is 4.93. The monoisotopic (exact) mass is 258 g/mol. The SMILES string of the molecule is COCCCNC(=O)CN1CCCCCC1CO. The standard InChI is InChI=1S/C13H26N2O3/c1-18-9-5-7-14-13(17)10-15-8-4-2-3-6-12(15)11-16/h12,16H,2-11H2,1H3,(H,14,17). The first-order valence-corrected chi connectivity index (χ1v) is 6.88. The number of rotatable bonds is 7. The number of nitrogens with zero attached hydrogens (tertiary/aromatic N) is 1. The molecule has 5 heteroatoms. The summed E-state index contributed by atoms with van der Waals surface area (Å²) in [6.45, 7) is 2.79. The predicted octanol–water partition coefficient (Wildman–Crippen LogP) is 0.376. The van der Waals surface area contributed by atoms with Crippen LogP contribution in [0.1, 0.15) is 32.1 Å². The fourth-order valence-electron chi connectivity index (χ4n) is 2.34. The minimum Gasteiger partial charge on any atom is -0.395 e. The number of hydrogen-bond donors (Lipinski definition) is 2. The molecule has 5 nitrogen and oxygen atoms in total. The maximum absolute atomic E-state index is 11.8. The van der Waals surface area contributed by atoms with Crippen molar-refractivity contribution < 1.29 is 14.6 Å². The summed E-state index contributed by atoms with van der Waals surface area (Å²) in [7, 11) is 1.66. The molecular weight excluding hydrogens is 232 g/mol. The van der Waals surface area contributed by atoms with E-state index >= 15 is 0 Å². The Labute approximate surface area is 109 Å². The van der Waals surface area contributed by atoms with Crippen LogP contribution in [0.4, 0.5) is 0 Å². The number of carbonyl (C=O) groups is 1. The van der Waals surface area contributed by atoms with E-state index in [1.54, 1.807) is 7.11 Å². The van der Waals surface area contributed by atoms with Gasteiger partial charge in [0.25, 0.3) is 0 Å². The number of ether oxygens (including phenoxy) is 1. The van der Waals surface area contributed by atoms with Crippen LogP contribution >= 0.6 is 0 Å². The van der Waals surface area contributed by atoms with Crippen LogP contribution in [0.2, 0.25) is 0 Å². The first-order valence-electron chi connectivity index (χ1n) is 6.88. The second kappa shape index (κ2) is 9.30. The number of methoxy groups -OCH3 is 1. The van der Waals surface area contributed by atoms with E-state index in [9.17, 15) is 9.90 Å². The maximum atomic E-state index is 11.8. The third-order valence-electron chi connectivity index (χ3n) is 3.40. The van der Waals surface area contributed by atoms with Crippen LogP contribution in [0, 0.1) is 0 Å². The molecule has 1 saturated heterocycles. The van der Waals surface area contributed by atoms with E-state index in [2.05, 4.69) is 10.2 Å². The van der Waals surface area contributed by atoms with E-state index in [1.165, 1.54) is 6.42 Å². The van der Waals surface area contributed by atoms with Gasteiger partial charge in [-0.15, -0.1) is 0 Å². The van der Waals surface area contributed by atoms with Crippen LogP contribution in [0.25, 0.3) is 0 Å². The minimum atomic E-state index is 0.0476. The van der Waals surface area contributed by atoms with Gasteiger partial charge in [0.15, 0.2) is 0 Å². The molecule has 106 valence electrons. The molecule has 1 aliphatic rings. The normalized spacial score (nSPS) is 21.6. The van der Waals surface area contributed by atoms with Crippen LogP contribution in [-0.4, -0.2) is 61.9 Å². The van der Waals surface area contributed by atoms with Gasteiger partial charge >= 0.3 is 0 Å². The van der Waals surface area contributed by atoms with Crippen LogP contribution < -0.4 is 5.32 Å². The Kier molecular flexibility index (Phi) is 7.96. The molecule has 0 aromatic carbocycles. The van der Waals surface area contributed by atoms with E-state index in [1.807, 2.05) is 0 Å². The highest BCUT2D eigenvalue weighted by molar-refractivity contribution is 5.78. The van der Waals surface area contributed by atoms with E-state index in [-0.39, 0.29) is 18.6 Å². The van der Waals surface area contributed by atoms with Crippen LogP contribution in [0.5, 0.6) is 0 Å². The summed E-state index contributed by atoms with van der Waals surface area (Å²) in [6.07, 6.45) is 5.30. The molecule has 18 heavy (non-hydrogen) atoms. The van der Waals surface area contributed by atoms with Gasteiger partial charge in [0.05, 0.1) is 13.2 Å². The number of aliphatic hydroxyl groups excluding tert-OH is 1. The third-order valence-corrected chi connectivity index (χ3v) is 3.40. The number of likely N-dealkylation sites (tertiary alicyclic amines) is 1. The van der Waals surface area contributed by atoms with Crippen molar-refractivity contribution in [1.29, 1.82) is 0 Å².